The lowest BCUT2D eigenvalue weighted by molar-refractivity contribution is -0.139. The number of rotatable bonds is 8. The molecule has 142 valence electrons. The van der Waals surface area contributed by atoms with Crippen molar-refractivity contribution in [1.29, 1.82) is 0 Å². The Bertz CT molecular complexity index is 677. The van der Waals surface area contributed by atoms with Crippen LogP contribution in [0.2, 0.25) is 0 Å². The van der Waals surface area contributed by atoms with Gasteiger partial charge in [-0.05, 0) is 36.8 Å². The first-order valence-corrected chi connectivity index (χ1v) is 9.32. The summed E-state index contributed by atoms with van der Waals surface area (Å²) in [5.74, 6) is 0.926. The molecule has 0 saturated carbocycles. The van der Waals surface area contributed by atoms with E-state index in [0.29, 0.717) is 18.4 Å². The number of carbonyl (C=O) groups is 1. The molecule has 0 amide bonds. The van der Waals surface area contributed by atoms with E-state index >= 15 is 0 Å². The average molecular weight is 357 g/mol. The van der Waals surface area contributed by atoms with Crippen LogP contribution in [0.5, 0.6) is 0 Å². The third-order valence-electron chi connectivity index (χ3n) is 4.75. The van der Waals surface area contributed by atoms with Crippen molar-refractivity contribution in [1.82, 2.24) is 10.2 Å². The summed E-state index contributed by atoms with van der Waals surface area (Å²) in [5.41, 5.74) is 1.61. The van der Waals surface area contributed by atoms with Gasteiger partial charge >= 0.3 is 5.97 Å². The molecule has 0 aromatic heterocycles. The Morgan fingerprint density at radius 2 is 1.88 bits per heavy atom. The SMILES string of the molecule is CC(C)CCN(CC(=O)O)C1(C)C=CNC(c2ccc(C(C)C)cc2)=N1. The van der Waals surface area contributed by atoms with Gasteiger partial charge < -0.3 is 10.4 Å². The lowest BCUT2D eigenvalue weighted by Gasteiger charge is -2.37. The van der Waals surface area contributed by atoms with E-state index in [9.17, 15) is 9.90 Å². The van der Waals surface area contributed by atoms with Gasteiger partial charge in [0, 0.05) is 18.3 Å². The number of nitrogens with one attached hydrogen (secondary N) is 1. The first-order valence-electron chi connectivity index (χ1n) is 9.32. The minimum atomic E-state index is -0.833. The van der Waals surface area contributed by atoms with Crippen molar-refractivity contribution in [3.8, 4) is 0 Å². The van der Waals surface area contributed by atoms with Crippen molar-refractivity contribution >= 4 is 11.8 Å². The van der Waals surface area contributed by atoms with E-state index in [1.54, 1.807) is 0 Å². The van der Waals surface area contributed by atoms with Gasteiger partial charge in [-0.3, -0.25) is 9.69 Å². The van der Waals surface area contributed by atoms with Gasteiger partial charge in [0.25, 0.3) is 0 Å². The number of benzene rings is 1. The van der Waals surface area contributed by atoms with Crippen LogP contribution >= 0.6 is 0 Å². The van der Waals surface area contributed by atoms with Crippen molar-refractivity contribution in [2.75, 3.05) is 13.1 Å². The van der Waals surface area contributed by atoms with Crippen LogP contribution < -0.4 is 5.32 Å². The molecule has 1 atom stereocenters. The number of carboxylic acids is 1. The first kappa shape index (κ1) is 20.2. The van der Waals surface area contributed by atoms with E-state index in [2.05, 4.69) is 57.3 Å². The molecule has 1 heterocycles. The third kappa shape index (κ3) is 5.18. The zero-order valence-corrected chi connectivity index (χ0v) is 16.5. The lowest BCUT2D eigenvalue weighted by atomic mass is 10.0. The van der Waals surface area contributed by atoms with Gasteiger partial charge in [0.2, 0.25) is 0 Å². The fraction of sp³-hybridized carbons (Fsp3) is 0.524. The van der Waals surface area contributed by atoms with E-state index in [0.717, 1.165) is 17.8 Å². The fourth-order valence-corrected chi connectivity index (χ4v) is 2.97. The molecule has 1 unspecified atom stereocenters. The summed E-state index contributed by atoms with van der Waals surface area (Å²) < 4.78 is 0. The maximum absolute atomic E-state index is 11.4. The van der Waals surface area contributed by atoms with E-state index in [4.69, 9.17) is 4.99 Å². The van der Waals surface area contributed by atoms with Crippen LogP contribution in [0.4, 0.5) is 0 Å². The molecule has 0 fully saturated rings. The van der Waals surface area contributed by atoms with Crippen molar-refractivity contribution < 1.29 is 9.90 Å². The topological polar surface area (TPSA) is 64.9 Å². The van der Waals surface area contributed by atoms with Crippen LogP contribution in [0.3, 0.4) is 0 Å². The standard InChI is InChI=1S/C21H31N3O2/c1-15(2)10-13-24(14-19(25)26)21(5)11-12-22-20(23-21)18-8-6-17(7-9-18)16(3)4/h6-9,11-12,15-16H,10,13-14H2,1-5H3,(H,22,23)(H,25,26). The Hall–Kier alpha value is -2.14. The zero-order valence-electron chi connectivity index (χ0n) is 16.5. The van der Waals surface area contributed by atoms with Crippen molar-refractivity contribution in [3.63, 3.8) is 0 Å². The Kier molecular flexibility index (Phi) is 6.59. The molecule has 2 N–H and O–H groups in total. The quantitative estimate of drug-likeness (QED) is 0.742. The van der Waals surface area contributed by atoms with Crippen LogP contribution in [-0.2, 0) is 4.79 Å². The molecular formula is C21H31N3O2. The molecule has 26 heavy (non-hydrogen) atoms. The summed E-state index contributed by atoms with van der Waals surface area (Å²) in [6, 6.07) is 8.37. The van der Waals surface area contributed by atoms with Gasteiger partial charge in [-0.15, -0.1) is 0 Å². The van der Waals surface area contributed by atoms with Crippen molar-refractivity contribution in [2.24, 2.45) is 10.9 Å². The van der Waals surface area contributed by atoms with Crippen LogP contribution in [0, 0.1) is 5.92 Å². The molecule has 0 spiro atoms. The van der Waals surface area contributed by atoms with Gasteiger partial charge in [-0.25, -0.2) is 4.99 Å². The predicted octanol–water partition coefficient (Wildman–Crippen LogP) is 3.82. The van der Waals surface area contributed by atoms with E-state index in [1.807, 2.05) is 24.1 Å². The highest BCUT2D eigenvalue weighted by Crippen LogP contribution is 2.24. The highest BCUT2D eigenvalue weighted by atomic mass is 16.4. The maximum atomic E-state index is 11.4. The van der Waals surface area contributed by atoms with E-state index in [1.165, 1.54) is 5.56 Å². The predicted molar refractivity (Wildman–Crippen MR) is 106 cm³/mol. The molecule has 1 aromatic rings. The zero-order chi connectivity index (χ0) is 19.3. The Balaban J connectivity index is 2.28. The van der Waals surface area contributed by atoms with Gasteiger partial charge in [0.1, 0.15) is 11.5 Å². The normalized spacial score (nSPS) is 19.8. The van der Waals surface area contributed by atoms with Crippen LogP contribution in [0.1, 0.15) is 58.1 Å². The van der Waals surface area contributed by atoms with Gasteiger partial charge in [-0.1, -0.05) is 52.0 Å². The number of hydrogen-bond donors (Lipinski definition) is 2. The number of aliphatic carboxylic acids is 1. The monoisotopic (exact) mass is 357 g/mol. The minimum Gasteiger partial charge on any atom is -0.480 e. The van der Waals surface area contributed by atoms with Crippen molar-refractivity contribution in [2.45, 2.75) is 52.6 Å². The maximum Gasteiger partial charge on any atom is 0.317 e. The molecule has 1 aromatic carbocycles. The molecule has 0 bridgehead atoms. The number of nitrogens with zero attached hydrogens (tertiary/aromatic N) is 2. The summed E-state index contributed by atoms with van der Waals surface area (Å²) in [6.07, 6.45) is 4.73. The highest BCUT2D eigenvalue weighted by molar-refractivity contribution is 6.00. The van der Waals surface area contributed by atoms with Gasteiger partial charge in [0.15, 0.2) is 0 Å². The molecule has 1 aliphatic heterocycles. The summed E-state index contributed by atoms with van der Waals surface area (Å²) in [5, 5.41) is 12.5. The van der Waals surface area contributed by atoms with Gasteiger partial charge in [0.05, 0.1) is 6.54 Å². The molecule has 0 radical (unpaired) electrons. The van der Waals surface area contributed by atoms with E-state index in [-0.39, 0.29) is 6.54 Å². The molecule has 1 aliphatic rings. The Morgan fingerprint density at radius 1 is 1.23 bits per heavy atom. The average Bonchev–Trinajstić information content (AvgIpc) is 2.58. The second kappa shape index (κ2) is 8.49. The van der Waals surface area contributed by atoms with Crippen molar-refractivity contribution in [3.05, 3.63) is 47.7 Å². The second-order valence-corrected chi connectivity index (χ2v) is 7.81. The number of amidine groups is 1. The molecule has 2 rings (SSSR count). The number of carboxylic acid groups (broad SMARTS) is 1. The number of hydrogen-bond acceptors (Lipinski definition) is 4. The Labute approximate surface area is 156 Å². The summed E-state index contributed by atoms with van der Waals surface area (Å²) >= 11 is 0. The van der Waals surface area contributed by atoms with E-state index < -0.39 is 11.6 Å². The van der Waals surface area contributed by atoms with Crippen LogP contribution in [-0.4, -0.2) is 40.6 Å². The van der Waals surface area contributed by atoms with Crippen LogP contribution in [0.15, 0.2) is 41.5 Å². The Morgan fingerprint density at radius 3 is 2.42 bits per heavy atom. The third-order valence-corrected chi connectivity index (χ3v) is 4.75. The highest BCUT2D eigenvalue weighted by Gasteiger charge is 2.32. The smallest absolute Gasteiger partial charge is 0.317 e. The molecule has 5 heteroatoms. The second-order valence-electron chi connectivity index (χ2n) is 7.81. The lowest BCUT2D eigenvalue weighted by Crippen LogP contribution is -2.49. The summed E-state index contributed by atoms with van der Waals surface area (Å²) in [7, 11) is 0. The molecule has 5 nitrogen and oxygen atoms in total. The fourth-order valence-electron chi connectivity index (χ4n) is 2.97. The number of aliphatic imine (C=N–C) groups is 1. The molecule has 0 aliphatic carbocycles. The first-order chi connectivity index (χ1) is 12.2. The van der Waals surface area contributed by atoms with Gasteiger partial charge in [-0.2, -0.15) is 0 Å². The summed E-state index contributed by atoms with van der Waals surface area (Å²) in [4.78, 5) is 18.2. The largest absolute Gasteiger partial charge is 0.480 e. The minimum absolute atomic E-state index is 0.0311. The molecule has 0 saturated heterocycles. The summed E-state index contributed by atoms with van der Waals surface area (Å²) in [6.45, 7) is 11.3. The van der Waals surface area contributed by atoms with Crippen LogP contribution in [0.25, 0.3) is 0 Å². The molecular weight excluding hydrogens is 326 g/mol.